The molecule has 2 N–H and O–H groups in total. The first-order chi connectivity index (χ1) is 12.8. The maximum absolute atomic E-state index is 13.4. The van der Waals surface area contributed by atoms with Gasteiger partial charge in [-0.1, -0.05) is 61.1 Å². The molecular weight excluding hydrogens is 378 g/mol. The lowest BCUT2D eigenvalue weighted by Gasteiger charge is -2.16. The Balaban J connectivity index is 2.09. The number of nitrogens with two attached hydrogens (primary N) is 1. The number of benzene rings is 2. The van der Waals surface area contributed by atoms with E-state index in [0.717, 1.165) is 17.5 Å². The van der Waals surface area contributed by atoms with Gasteiger partial charge in [0.2, 0.25) is 0 Å². The van der Waals surface area contributed by atoms with Crippen LogP contribution in [0.25, 0.3) is 0 Å². The third kappa shape index (κ3) is 3.30. The molecule has 2 aromatic carbocycles. The van der Waals surface area contributed by atoms with Gasteiger partial charge in [0.15, 0.2) is 9.84 Å². The highest BCUT2D eigenvalue weighted by atomic mass is 32.2. The lowest BCUT2D eigenvalue weighted by molar-refractivity contribution is 0.166. The number of sulfone groups is 1. The third-order valence-electron chi connectivity index (χ3n) is 5.53. The predicted octanol–water partition coefficient (Wildman–Crippen LogP) is 3.42. The van der Waals surface area contributed by atoms with Crippen LogP contribution in [0.3, 0.4) is 0 Å². The van der Waals surface area contributed by atoms with Crippen LogP contribution in [0.5, 0.6) is 0 Å². The molecule has 6 heteroatoms. The molecule has 4 nitrogen and oxygen atoms in total. The van der Waals surface area contributed by atoms with Crippen LogP contribution in [-0.2, 0) is 21.0 Å². The van der Waals surface area contributed by atoms with Crippen LogP contribution in [0.15, 0.2) is 53.4 Å². The first-order valence-electron chi connectivity index (χ1n) is 8.97. The minimum Gasteiger partial charge on any atom is -0.393 e. The van der Waals surface area contributed by atoms with Gasteiger partial charge < -0.3 is 10.5 Å². The van der Waals surface area contributed by atoms with Crippen molar-refractivity contribution < 1.29 is 13.2 Å². The standard InChI is InChI=1S/C21H25NO3S2/c1-4-15-7-9-16(10-8-15)18-19(21(18,13-25-3)20(22)26)27(23,24)17-11-5-14(2)6-12-17/h5-12,18-19H,4,13H2,1-3H3,(H2,22,26)/t18-,19-,21+/m1/s1. The van der Waals surface area contributed by atoms with E-state index in [1.807, 2.05) is 31.2 Å². The number of hydrogen-bond acceptors (Lipinski definition) is 4. The quantitative estimate of drug-likeness (QED) is 0.718. The van der Waals surface area contributed by atoms with Crippen molar-refractivity contribution in [1.82, 2.24) is 0 Å². The summed E-state index contributed by atoms with van der Waals surface area (Å²) in [6.45, 7) is 4.19. The summed E-state index contributed by atoms with van der Waals surface area (Å²) < 4.78 is 32.2. The minimum absolute atomic E-state index is 0.179. The zero-order chi connectivity index (χ0) is 19.8. The Kier molecular flexibility index (Phi) is 5.43. The smallest absolute Gasteiger partial charge is 0.182 e. The molecule has 0 bridgehead atoms. The first-order valence-corrected chi connectivity index (χ1v) is 10.9. The average Bonchev–Trinajstić information content (AvgIpc) is 3.33. The number of ether oxygens (including phenoxy) is 1. The second kappa shape index (κ2) is 7.34. The molecule has 27 heavy (non-hydrogen) atoms. The third-order valence-corrected chi connectivity index (χ3v) is 8.20. The highest BCUT2D eigenvalue weighted by Crippen LogP contribution is 2.64. The highest BCUT2D eigenvalue weighted by molar-refractivity contribution is 7.92. The van der Waals surface area contributed by atoms with Crippen molar-refractivity contribution in [2.24, 2.45) is 11.1 Å². The zero-order valence-corrected chi connectivity index (χ0v) is 17.4. The molecule has 1 aliphatic rings. The molecule has 0 unspecified atom stereocenters. The van der Waals surface area contributed by atoms with E-state index in [0.29, 0.717) is 4.90 Å². The lowest BCUT2D eigenvalue weighted by atomic mass is 9.98. The molecule has 144 valence electrons. The molecule has 3 atom stereocenters. The van der Waals surface area contributed by atoms with Crippen molar-refractivity contribution in [2.45, 2.75) is 36.3 Å². The van der Waals surface area contributed by atoms with Crippen LogP contribution in [0.2, 0.25) is 0 Å². The van der Waals surface area contributed by atoms with Gasteiger partial charge in [0, 0.05) is 13.0 Å². The number of rotatable bonds is 7. The summed E-state index contributed by atoms with van der Waals surface area (Å²) in [6, 6.07) is 14.9. The van der Waals surface area contributed by atoms with Gasteiger partial charge in [-0.05, 0) is 36.6 Å². The van der Waals surface area contributed by atoms with E-state index in [4.69, 9.17) is 22.7 Å². The summed E-state index contributed by atoms with van der Waals surface area (Å²) in [7, 11) is -2.07. The maximum Gasteiger partial charge on any atom is 0.182 e. The van der Waals surface area contributed by atoms with E-state index in [-0.39, 0.29) is 17.5 Å². The Hall–Kier alpha value is -1.76. The van der Waals surface area contributed by atoms with Crippen molar-refractivity contribution in [3.8, 4) is 0 Å². The van der Waals surface area contributed by atoms with Gasteiger partial charge in [0.25, 0.3) is 0 Å². The zero-order valence-electron chi connectivity index (χ0n) is 15.8. The number of methoxy groups -OCH3 is 1. The van der Waals surface area contributed by atoms with Gasteiger partial charge in [0.05, 0.1) is 27.2 Å². The maximum atomic E-state index is 13.4. The van der Waals surface area contributed by atoms with Gasteiger partial charge in [-0.2, -0.15) is 0 Å². The molecular formula is C21H25NO3S2. The van der Waals surface area contributed by atoms with Crippen LogP contribution in [0.1, 0.15) is 29.5 Å². The summed E-state index contributed by atoms with van der Waals surface area (Å²) >= 11 is 5.34. The summed E-state index contributed by atoms with van der Waals surface area (Å²) in [4.78, 5) is 0.483. The van der Waals surface area contributed by atoms with Crippen molar-refractivity contribution in [3.05, 3.63) is 65.2 Å². The van der Waals surface area contributed by atoms with Crippen LogP contribution in [0.4, 0.5) is 0 Å². The number of hydrogen-bond donors (Lipinski definition) is 1. The van der Waals surface area contributed by atoms with Crippen molar-refractivity contribution in [3.63, 3.8) is 0 Å². The first kappa shape index (κ1) is 20.0. The SMILES string of the molecule is CCc1ccc([C@@H]2[C@@H](S(=O)(=O)c3ccc(C)cc3)[C@@]2(COC)C(N)=S)cc1. The summed E-state index contributed by atoms with van der Waals surface area (Å²) in [5.74, 6) is -0.313. The highest BCUT2D eigenvalue weighted by Gasteiger charge is 2.73. The summed E-state index contributed by atoms with van der Waals surface area (Å²) in [5.41, 5.74) is 8.33. The van der Waals surface area contributed by atoms with E-state index < -0.39 is 20.5 Å². The van der Waals surface area contributed by atoms with E-state index in [1.54, 1.807) is 31.4 Å². The van der Waals surface area contributed by atoms with Crippen molar-refractivity contribution in [2.75, 3.05) is 13.7 Å². The molecule has 1 aliphatic carbocycles. The Morgan fingerprint density at radius 3 is 2.22 bits per heavy atom. The Bertz CT molecular complexity index is 936. The fourth-order valence-corrected chi connectivity index (χ4v) is 6.71. The van der Waals surface area contributed by atoms with E-state index in [1.165, 1.54) is 5.56 Å². The normalized spacial score (nSPS) is 24.6. The van der Waals surface area contributed by atoms with Gasteiger partial charge in [-0.25, -0.2) is 8.42 Å². The fourth-order valence-electron chi connectivity index (χ4n) is 3.94. The Morgan fingerprint density at radius 1 is 1.15 bits per heavy atom. The van der Waals surface area contributed by atoms with Crippen molar-refractivity contribution >= 4 is 27.0 Å². The van der Waals surface area contributed by atoms with Gasteiger partial charge in [0.1, 0.15) is 0 Å². The van der Waals surface area contributed by atoms with E-state index in [9.17, 15) is 8.42 Å². The van der Waals surface area contributed by atoms with Crippen LogP contribution < -0.4 is 5.73 Å². The van der Waals surface area contributed by atoms with E-state index in [2.05, 4.69) is 6.92 Å². The molecule has 0 aliphatic heterocycles. The molecule has 3 rings (SSSR count). The monoisotopic (exact) mass is 403 g/mol. The van der Waals surface area contributed by atoms with Crippen molar-refractivity contribution in [1.29, 1.82) is 0 Å². The average molecular weight is 404 g/mol. The fraction of sp³-hybridized carbons (Fsp3) is 0.381. The lowest BCUT2D eigenvalue weighted by Crippen LogP contribution is -2.33. The summed E-state index contributed by atoms with van der Waals surface area (Å²) in [5, 5.41) is -0.724. The number of aryl methyl sites for hydroxylation is 2. The molecule has 2 aromatic rings. The minimum atomic E-state index is -3.62. The largest absolute Gasteiger partial charge is 0.393 e. The predicted molar refractivity (Wildman–Crippen MR) is 112 cm³/mol. The molecule has 0 radical (unpaired) electrons. The second-order valence-electron chi connectivity index (χ2n) is 7.19. The molecule has 0 spiro atoms. The molecule has 1 fully saturated rings. The van der Waals surface area contributed by atoms with Gasteiger partial charge in [-0.15, -0.1) is 0 Å². The van der Waals surface area contributed by atoms with E-state index >= 15 is 0 Å². The molecule has 1 saturated carbocycles. The molecule has 0 amide bonds. The van der Waals surface area contributed by atoms with Crippen LogP contribution in [0, 0.1) is 12.3 Å². The van der Waals surface area contributed by atoms with Gasteiger partial charge >= 0.3 is 0 Å². The molecule has 0 saturated heterocycles. The van der Waals surface area contributed by atoms with Gasteiger partial charge in [-0.3, -0.25) is 0 Å². The Labute approximate surface area is 166 Å². The molecule has 0 heterocycles. The molecule has 0 aromatic heterocycles. The van der Waals surface area contributed by atoms with Crippen LogP contribution in [-0.4, -0.2) is 32.4 Å². The topological polar surface area (TPSA) is 69.4 Å². The number of thiocarbonyl (C=S) groups is 1. The van der Waals surface area contributed by atoms with Crippen LogP contribution >= 0.6 is 12.2 Å². The summed E-state index contributed by atoms with van der Waals surface area (Å²) in [6.07, 6.45) is 0.925. The second-order valence-corrected chi connectivity index (χ2v) is 9.70. The Morgan fingerprint density at radius 2 is 1.74 bits per heavy atom.